The fraction of sp³-hybridized carbons (Fsp3) is 1.00. The molecule has 1 aliphatic heterocycles. The highest BCUT2D eigenvalue weighted by molar-refractivity contribution is 6.35. The maximum absolute atomic E-state index is 3.41. The Hall–Kier alpha value is 0.0249. The van der Waals surface area contributed by atoms with Crippen molar-refractivity contribution < 1.29 is 0 Å². The van der Waals surface area contributed by atoms with Gasteiger partial charge in [-0.1, -0.05) is 12.6 Å². The van der Waals surface area contributed by atoms with Crippen LogP contribution < -0.4 is 5.32 Å². The zero-order chi connectivity index (χ0) is 5.82. The number of hydrogen-bond donors (Lipinski definition) is 1. The lowest BCUT2D eigenvalue weighted by Crippen LogP contribution is -2.24. The summed E-state index contributed by atoms with van der Waals surface area (Å²) in [7, 11) is 2.37. The van der Waals surface area contributed by atoms with Gasteiger partial charge in [-0.05, 0) is 19.9 Å². The van der Waals surface area contributed by atoms with Gasteiger partial charge in [0.1, 0.15) is 7.28 Å². The van der Waals surface area contributed by atoms with Crippen LogP contribution in [-0.2, 0) is 0 Å². The number of nitrogens with one attached hydrogen (secondary N) is 1. The molecule has 45 valence electrons. The summed E-state index contributed by atoms with van der Waals surface area (Å²) in [5.74, 6) is 0. The van der Waals surface area contributed by atoms with Crippen molar-refractivity contribution in [3.8, 4) is 0 Å². The molecule has 1 radical (unpaired) electrons. The molecule has 1 fully saturated rings. The minimum atomic E-state index is 0.744. The molecule has 0 aromatic heterocycles. The van der Waals surface area contributed by atoms with Gasteiger partial charge in [-0.25, -0.2) is 0 Å². The third-order valence-electron chi connectivity index (χ3n) is 1.65. The Labute approximate surface area is 52.1 Å². The van der Waals surface area contributed by atoms with E-state index in [1.165, 1.54) is 25.6 Å². The van der Waals surface area contributed by atoms with Gasteiger partial charge in [0.25, 0.3) is 0 Å². The lowest BCUT2D eigenvalue weighted by atomic mass is 9.70. The van der Waals surface area contributed by atoms with Crippen LogP contribution in [0.3, 0.4) is 0 Å². The fourth-order valence-electron chi connectivity index (χ4n) is 1.05. The smallest absolute Gasteiger partial charge is 0.111 e. The molecule has 1 atom stereocenters. The van der Waals surface area contributed by atoms with Crippen LogP contribution in [0.25, 0.3) is 0 Å². The predicted molar refractivity (Wildman–Crippen MR) is 37.4 cm³/mol. The second kappa shape index (κ2) is 3.13. The van der Waals surface area contributed by atoms with E-state index < -0.39 is 0 Å². The Morgan fingerprint density at radius 2 is 2.38 bits per heavy atom. The molecular weight excluding hydrogens is 96.9 g/mol. The van der Waals surface area contributed by atoms with E-state index in [-0.39, 0.29) is 0 Å². The maximum Gasteiger partial charge on any atom is 0.111 e. The van der Waals surface area contributed by atoms with Crippen LogP contribution in [0.4, 0.5) is 0 Å². The van der Waals surface area contributed by atoms with Gasteiger partial charge in [0.05, 0.1) is 0 Å². The fourth-order valence-corrected chi connectivity index (χ4v) is 1.05. The Bertz CT molecular complexity index is 57.5. The summed E-state index contributed by atoms with van der Waals surface area (Å²) in [6.07, 6.45) is 3.87. The molecule has 0 saturated carbocycles. The molecule has 1 aliphatic rings. The van der Waals surface area contributed by atoms with E-state index in [1.807, 2.05) is 0 Å². The molecule has 1 rings (SSSR count). The molecule has 1 nitrogen and oxygen atoms in total. The van der Waals surface area contributed by atoms with Gasteiger partial charge in [-0.2, -0.15) is 0 Å². The van der Waals surface area contributed by atoms with E-state index in [2.05, 4.69) is 19.5 Å². The van der Waals surface area contributed by atoms with Crippen LogP contribution in [0.2, 0.25) is 12.6 Å². The Kier molecular flexibility index (Phi) is 2.41. The van der Waals surface area contributed by atoms with Crippen LogP contribution in [0, 0.1) is 0 Å². The van der Waals surface area contributed by atoms with E-state index in [0.29, 0.717) is 0 Å². The summed E-state index contributed by atoms with van der Waals surface area (Å²) in [5.41, 5.74) is 0. The van der Waals surface area contributed by atoms with Crippen LogP contribution in [-0.4, -0.2) is 19.9 Å². The third kappa shape index (κ3) is 1.87. The van der Waals surface area contributed by atoms with Crippen molar-refractivity contribution in [2.45, 2.75) is 32.0 Å². The lowest BCUT2D eigenvalue weighted by Gasteiger charge is -2.06. The summed E-state index contributed by atoms with van der Waals surface area (Å²) in [6.45, 7) is 3.43. The lowest BCUT2D eigenvalue weighted by molar-refractivity contribution is 0.564. The van der Waals surface area contributed by atoms with Gasteiger partial charge in [0.15, 0.2) is 0 Å². The highest BCUT2D eigenvalue weighted by Crippen LogP contribution is 2.01. The van der Waals surface area contributed by atoms with Crippen molar-refractivity contribution in [3.63, 3.8) is 0 Å². The predicted octanol–water partition coefficient (Wildman–Crippen LogP) is 0.909. The van der Waals surface area contributed by atoms with Gasteiger partial charge >= 0.3 is 0 Å². The molecule has 1 saturated heterocycles. The first-order valence-electron chi connectivity index (χ1n) is 3.44. The van der Waals surface area contributed by atoms with Crippen molar-refractivity contribution in [1.82, 2.24) is 5.32 Å². The van der Waals surface area contributed by atoms with Gasteiger partial charge in [-0.3, -0.25) is 0 Å². The summed E-state index contributed by atoms with van der Waals surface area (Å²) >= 11 is 0. The zero-order valence-electron chi connectivity index (χ0n) is 5.48. The Balaban J connectivity index is 2.17. The van der Waals surface area contributed by atoms with Crippen LogP contribution in [0.5, 0.6) is 0 Å². The standard InChI is InChI=1S/C6H13BN/c1-6-2-3-7-4-5-8-6/h6,8H,2-5H2,1H3. The Morgan fingerprint density at radius 1 is 1.50 bits per heavy atom. The highest BCUT2D eigenvalue weighted by atomic mass is 14.9. The number of hydrogen-bond acceptors (Lipinski definition) is 1. The topological polar surface area (TPSA) is 12.0 Å². The molecule has 0 aliphatic carbocycles. The second-order valence-electron chi connectivity index (χ2n) is 2.51. The molecule has 1 heterocycles. The van der Waals surface area contributed by atoms with Crippen LogP contribution in [0.15, 0.2) is 0 Å². The Morgan fingerprint density at radius 3 is 3.25 bits per heavy atom. The normalized spacial score (nSPS) is 30.9. The summed E-state index contributed by atoms with van der Waals surface area (Å²) in [6, 6.07) is 0.744. The summed E-state index contributed by atoms with van der Waals surface area (Å²) in [5, 5.41) is 3.41. The molecule has 1 N–H and O–H groups in total. The van der Waals surface area contributed by atoms with Crippen molar-refractivity contribution in [2.75, 3.05) is 6.54 Å². The molecule has 2 heteroatoms. The van der Waals surface area contributed by atoms with Crippen molar-refractivity contribution in [2.24, 2.45) is 0 Å². The minimum absolute atomic E-state index is 0.744. The van der Waals surface area contributed by atoms with Crippen molar-refractivity contribution >= 4 is 7.28 Å². The molecule has 0 aromatic rings. The molecule has 8 heavy (non-hydrogen) atoms. The first kappa shape index (κ1) is 6.15. The molecule has 0 aromatic carbocycles. The SMILES string of the molecule is CC1CC[B]CCN1. The average Bonchev–Trinajstić information content (AvgIpc) is 1.94. The molecule has 0 amide bonds. The van der Waals surface area contributed by atoms with E-state index >= 15 is 0 Å². The monoisotopic (exact) mass is 110 g/mol. The minimum Gasteiger partial charge on any atom is -0.315 e. The van der Waals surface area contributed by atoms with Crippen LogP contribution >= 0.6 is 0 Å². The van der Waals surface area contributed by atoms with E-state index in [0.717, 1.165) is 6.04 Å². The van der Waals surface area contributed by atoms with Crippen molar-refractivity contribution in [3.05, 3.63) is 0 Å². The van der Waals surface area contributed by atoms with Gasteiger partial charge < -0.3 is 5.32 Å². The maximum atomic E-state index is 3.41. The summed E-state index contributed by atoms with van der Waals surface area (Å²) in [4.78, 5) is 0. The molecule has 0 bridgehead atoms. The van der Waals surface area contributed by atoms with E-state index in [1.54, 1.807) is 0 Å². The first-order valence-corrected chi connectivity index (χ1v) is 3.44. The average molecular weight is 110 g/mol. The van der Waals surface area contributed by atoms with Gasteiger partial charge in [0.2, 0.25) is 0 Å². The quantitative estimate of drug-likeness (QED) is 0.457. The molecular formula is C6H13BN. The van der Waals surface area contributed by atoms with E-state index in [9.17, 15) is 0 Å². The van der Waals surface area contributed by atoms with E-state index in [4.69, 9.17) is 0 Å². The second-order valence-corrected chi connectivity index (χ2v) is 2.51. The molecule has 0 spiro atoms. The zero-order valence-corrected chi connectivity index (χ0v) is 5.48. The molecule has 1 unspecified atom stereocenters. The number of rotatable bonds is 0. The van der Waals surface area contributed by atoms with Gasteiger partial charge in [-0.15, -0.1) is 0 Å². The van der Waals surface area contributed by atoms with Crippen molar-refractivity contribution in [1.29, 1.82) is 0 Å². The third-order valence-corrected chi connectivity index (χ3v) is 1.65. The highest BCUT2D eigenvalue weighted by Gasteiger charge is 2.04. The summed E-state index contributed by atoms with van der Waals surface area (Å²) < 4.78 is 0. The van der Waals surface area contributed by atoms with Crippen LogP contribution in [0.1, 0.15) is 13.3 Å². The largest absolute Gasteiger partial charge is 0.315 e. The first-order chi connectivity index (χ1) is 3.89. The van der Waals surface area contributed by atoms with Gasteiger partial charge in [0, 0.05) is 6.04 Å².